The van der Waals surface area contributed by atoms with E-state index >= 15 is 0 Å². The van der Waals surface area contributed by atoms with Crippen molar-refractivity contribution in [2.75, 3.05) is 26.0 Å². The molecule has 10 nitrogen and oxygen atoms in total. The fourth-order valence-electron chi connectivity index (χ4n) is 4.03. The van der Waals surface area contributed by atoms with E-state index in [0.717, 1.165) is 0 Å². The molecule has 0 spiro atoms. The average molecular weight is 439 g/mol. The maximum Gasteiger partial charge on any atom is 0.275 e. The number of benzene rings is 1. The summed E-state index contributed by atoms with van der Waals surface area (Å²) in [6.45, 7) is 0.255. The number of amides is 3. The number of hydrogen-bond acceptors (Lipinski definition) is 7. The molecular formula is C22H25N5O5. The lowest BCUT2D eigenvalue weighted by molar-refractivity contribution is -0.133. The lowest BCUT2D eigenvalue weighted by Crippen LogP contribution is -2.53. The number of hydrogen-bond donors (Lipinski definition) is 2. The van der Waals surface area contributed by atoms with Gasteiger partial charge < -0.3 is 25.0 Å². The summed E-state index contributed by atoms with van der Waals surface area (Å²) in [7, 11) is 3.34. The minimum absolute atomic E-state index is 0.0777. The van der Waals surface area contributed by atoms with E-state index in [2.05, 4.69) is 20.6 Å². The molecule has 2 aliphatic heterocycles. The zero-order valence-corrected chi connectivity index (χ0v) is 17.9. The van der Waals surface area contributed by atoms with Crippen molar-refractivity contribution in [2.45, 2.75) is 37.5 Å². The average Bonchev–Trinajstić information content (AvgIpc) is 2.82. The number of ether oxygens (including phenoxy) is 2. The molecule has 3 amide bonds. The van der Waals surface area contributed by atoms with E-state index < -0.39 is 5.91 Å². The standard InChI is InChI=1S/C22H25N5O5/c1-23-20(28)10-14-4-5-17-19(32-14)12-31-18-6-3-13(9-15(18)22(30)27(17)2)26-21(29)16-11-24-7-8-25-16/h3,6-9,11,14,17,19H,4-5,10,12H2,1-2H3,(H,23,28)(H,26,29)/t14-,17+,19-/m1/s1. The topological polar surface area (TPSA) is 123 Å². The predicted molar refractivity (Wildman–Crippen MR) is 114 cm³/mol. The van der Waals surface area contributed by atoms with E-state index in [9.17, 15) is 14.4 Å². The third-order valence-electron chi connectivity index (χ3n) is 5.76. The quantitative estimate of drug-likeness (QED) is 0.735. The van der Waals surface area contributed by atoms with E-state index in [1.54, 1.807) is 37.2 Å². The van der Waals surface area contributed by atoms with Gasteiger partial charge >= 0.3 is 0 Å². The van der Waals surface area contributed by atoms with Gasteiger partial charge in [0.25, 0.3) is 11.8 Å². The zero-order chi connectivity index (χ0) is 22.7. The Labute approximate surface area is 185 Å². The van der Waals surface area contributed by atoms with Crippen LogP contribution in [0.25, 0.3) is 0 Å². The fourth-order valence-corrected chi connectivity index (χ4v) is 4.03. The first kappa shape index (κ1) is 21.7. The number of likely N-dealkylation sites (N-methyl/N-ethyl adjacent to an activating group) is 1. The lowest BCUT2D eigenvalue weighted by atomic mass is 9.94. The monoisotopic (exact) mass is 439 g/mol. The van der Waals surface area contributed by atoms with Crippen LogP contribution in [0.5, 0.6) is 5.75 Å². The summed E-state index contributed by atoms with van der Waals surface area (Å²) in [6, 6.07) is 4.74. The minimum Gasteiger partial charge on any atom is -0.490 e. The molecule has 10 heteroatoms. The van der Waals surface area contributed by atoms with E-state index in [1.165, 1.54) is 18.6 Å². The van der Waals surface area contributed by atoms with Crippen LogP contribution in [-0.2, 0) is 9.53 Å². The van der Waals surface area contributed by atoms with Crippen LogP contribution in [0.1, 0.15) is 40.1 Å². The molecular weight excluding hydrogens is 414 g/mol. The molecule has 3 atom stereocenters. The molecule has 2 aliphatic rings. The highest BCUT2D eigenvalue weighted by Gasteiger charge is 2.39. The Morgan fingerprint density at radius 3 is 2.84 bits per heavy atom. The second kappa shape index (κ2) is 9.31. The molecule has 2 N–H and O–H groups in total. The second-order valence-electron chi connectivity index (χ2n) is 7.80. The molecule has 1 aromatic heterocycles. The van der Waals surface area contributed by atoms with Crippen molar-refractivity contribution in [3.05, 3.63) is 48.0 Å². The molecule has 32 heavy (non-hydrogen) atoms. The predicted octanol–water partition coefficient (Wildman–Crippen LogP) is 1.25. The Balaban J connectivity index is 1.52. The summed E-state index contributed by atoms with van der Waals surface area (Å²) < 4.78 is 12.0. The SMILES string of the molecule is CNC(=O)C[C@H]1CC[C@H]2[C@@H](COc3ccc(NC(=O)c4cnccn4)cc3C(=O)N2C)O1. The Hall–Kier alpha value is -3.53. The number of nitrogens with one attached hydrogen (secondary N) is 2. The summed E-state index contributed by atoms with van der Waals surface area (Å²) >= 11 is 0. The third kappa shape index (κ3) is 4.54. The largest absolute Gasteiger partial charge is 0.490 e. The number of nitrogens with zero attached hydrogens (tertiary/aromatic N) is 3. The van der Waals surface area contributed by atoms with E-state index in [0.29, 0.717) is 29.8 Å². The Morgan fingerprint density at radius 2 is 2.09 bits per heavy atom. The van der Waals surface area contributed by atoms with Crippen LogP contribution in [0.2, 0.25) is 0 Å². The first-order chi connectivity index (χ1) is 15.5. The number of aromatic nitrogens is 2. The van der Waals surface area contributed by atoms with Gasteiger partial charge in [-0.15, -0.1) is 0 Å². The molecule has 0 radical (unpaired) electrons. The van der Waals surface area contributed by atoms with E-state index in [1.807, 2.05) is 0 Å². The lowest BCUT2D eigenvalue weighted by Gasteiger charge is -2.42. The highest BCUT2D eigenvalue weighted by Crippen LogP contribution is 2.32. The molecule has 168 valence electrons. The van der Waals surface area contributed by atoms with Crippen molar-refractivity contribution < 1.29 is 23.9 Å². The molecule has 1 fully saturated rings. The van der Waals surface area contributed by atoms with Gasteiger partial charge in [0.2, 0.25) is 5.91 Å². The highest BCUT2D eigenvalue weighted by molar-refractivity contribution is 6.04. The Kier molecular flexibility index (Phi) is 6.31. The molecule has 1 aromatic carbocycles. The minimum atomic E-state index is -0.423. The molecule has 2 aromatic rings. The summed E-state index contributed by atoms with van der Waals surface area (Å²) in [5.74, 6) is -0.312. The first-order valence-electron chi connectivity index (χ1n) is 10.4. The summed E-state index contributed by atoms with van der Waals surface area (Å²) in [5.41, 5.74) is 0.982. The number of anilines is 1. The second-order valence-corrected chi connectivity index (χ2v) is 7.80. The fraction of sp³-hybridized carbons (Fsp3) is 0.409. The van der Waals surface area contributed by atoms with Gasteiger partial charge in [0.1, 0.15) is 24.2 Å². The molecule has 0 aliphatic carbocycles. The van der Waals surface area contributed by atoms with Gasteiger partial charge in [0, 0.05) is 32.2 Å². The van der Waals surface area contributed by atoms with Crippen LogP contribution < -0.4 is 15.4 Å². The maximum absolute atomic E-state index is 13.2. The smallest absolute Gasteiger partial charge is 0.275 e. The Morgan fingerprint density at radius 1 is 1.25 bits per heavy atom. The number of rotatable bonds is 4. The molecule has 4 rings (SSSR count). The van der Waals surface area contributed by atoms with Crippen LogP contribution >= 0.6 is 0 Å². The summed E-state index contributed by atoms with van der Waals surface area (Å²) in [4.78, 5) is 46.9. The molecule has 3 heterocycles. The van der Waals surface area contributed by atoms with Crippen molar-refractivity contribution in [1.29, 1.82) is 0 Å². The van der Waals surface area contributed by atoms with Crippen molar-refractivity contribution in [3.8, 4) is 5.75 Å². The molecule has 0 bridgehead atoms. The van der Waals surface area contributed by atoms with Crippen molar-refractivity contribution in [1.82, 2.24) is 20.2 Å². The number of carbonyl (C=O) groups excluding carboxylic acids is 3. The van der Waals surface area contributed by atoms with Gasteiger partial charge in [-0.1, -0.05) is 0 Å². The van der Waals surface area contributed by atoms with Crippen LogP contribution in [0.3, 0.4) is 0 Å². The van der Waals surface area contributed by atoms with E-state index in [-0.39, 0.29) is 48.8 Å². The highest BCUT2D eigenvalue weighted by atomic mass is 16.5. The number of carbonyl (C=O) groups is 3. The normalized spacial score (nSPS) is 22.5. The molecule has 1 saturated heterocycles. The van der Waals surface area contributed by atoms with Crippen molar-refractivity contribution in [3.63, 3.8) is 0 Å². The first-order valence-corrected chi connectivity index (χ1v) is 10.4. The summed E-state index contributed by atoms with van der Waals surface area (Å²) in [6.07, 6.45) is 5.40. The van der Waals surface area contributed by atoms with Gasteiger partial charge in [-0.3, -0.25) is 19.4 Å². The van der Waals surface area contributed by atoms with Crippen LogP contribution in [0, 0.1) is 0 Å². The van der Waals surface area contributed by atoms with Crippen LogP contribution in [0.15, 0.2) is 36.8 Å². The van der Waals surface area contributed by atoms with Crippen LogP contribution in [-0.4, -0.2) is 71.5 Å². The number of fused-ring (bicyclic) bond motifs is 2. The van der Waals surface area contributed by atoms with Gasteiger partial charge in [0.05, 0.1) is 30.3 Å². The third-order valence-corrected chi connectivity index (χ3v) is 5.76. The van der Waals surface area contributed by atoms with Crippen molar-refractivity contribution >= 4 is 23.4 Å². The molecule has 0 saturated carbocycles. The molecule has 0 unspecified atom stereocenters. The summed E-state index contributed by atoms with van der Waals surface area (Å²) in [5, 5.41) is 5.35. The van der Waals surface area contributed by atoms with Gasteiger partial charge in [-0.2, -0.15) is 0 Å². The van der Waals surface area contributed by atoms with Crippen LogP contribution in [0.4, 0.5) is 5.69 Å². The Bertz CT molecular complexity index is 1020. The van der Waals surface area contributed by atoms with Gasteiger partial charge in [-0.25, -0.2) is 4.98 Å². The van der Waals surface area contributed by atoms with Gasteiger partial charge in [0.15, 0.2) is 0 Å². The maximum atomic E-state index is 13.2. The van der Waals surface area contributed by atoms with Crippen molar-refractivity contribution in [2.24, 2.45) is 0 Å². The zero-order valence-electron chi connectivity index (χ0n) is 17.9. The van der Waals surface area contributed by atoms with E-state index in [4.69, 9.17) is 9.47 Å². The van der Waals surface area contributed by atoms with Gasteiger partial charge in [-0.05, 0) is 31.0 Å².